The molecule has 0 radical (unpaired) electrons. The van der Waals surface area contributed by atoms with E-state index in [1.807, 2.05) is 0 Å². The molecule has 0 saturated carbocycles. The van der Waals surface area contributed by atoms with E-state index >= 15 is 0 Å². The van der Waals surface area contributed by atoms with Gasteiger partial charge in [0.05, 0.1) is 0 Å². The van der Waals surface area contributed by atoms with Gasteiger partial charge in [-0.05, 0) is 35.4 Å². The Balaban J connectivity index is 2.46. The molecule has 0 atom stereocenters. The number of halogens is 4. The van der Waals surface area contributed by atoms with E-state index in [0.717, 1.165) is 12.1 Å². The monoisotopic (exact) mass is 299 g/mol. The third-order valence-electron chi connectivity index (χ3n) is 2.69. The third kappa shape index (κ3) is 3.31. The average molecular weight is 299 g/mol. The largest absolute Gasteiger partial charge is 0.429 e. The van der Waals surface area contributed by atoms with E-state index in [0.29, 0.717) is 5.56 Å². The Morgan fingerprint density at radius 3 is 2.19 bits per heavy atom. The smallest absolute Gasteiger partial charge is 0.387 e. The molecule has 0 aromatic heterocycles. The summed E-state index contributed by atoms with van der Waals surface area (Å²) in [7, 11) is 0. The highest BCUT2D eigenvalue weighted by molar-refractivity contribution is 5.94. The van der Waals surface area contributed by atoms with Gasteiger partial charge < -0.3 is 10.5 Å². The molecule has 2 aromatic rings. The number of hydrogen-bond acceptors (Lipinski definition) is 2. The maximum atomic E-state index is 13.6. The van der Waals surface area contributed by atoms with Crippen LogP contribution in [0.25, 0.3) is 11.1 Å². The minimum atomic E-state index is -3.34. The first-order valence-electron chi connectivity index (χ1n) is 5.72. The van der Waals surface area contributed by atoms with Gasteiger partial charge in [-0.15, -0.1) is 0 Å². The van der Waals surface area contributed by atoms with Crippen molar-refractivity contribution in [1.82, 2.24) is 0 Å². The quantitative estimate of drug-likeness (QED) is 0.880. The van der Waals surface area contributed by atoms with Gasteiger partial charge in [-0.3, -0.25) is 4.79 Å². The number of alkyl halides is 2. The molecule has 2 aromatic carbocycles. The first kappa shape index (κ1) is 14.8. The van der Waals surface area contributed by atoms with Crippen LogP contribution in [0.3, 0.4) is 0 Å². The molecule has 1 amide bonds. The first-order valence-corrected chi connectivity index (χ1v) is 5.72. The molecule has 2 rings (SSSR count). The lowest BCUT2D eigenvalue weighted by Crippen LogP contribution is -2.10. The van der Waals surface area contributed by atoms with E-state index in [-0.39, 0.29) is 11.1 Å². The summed E-state index contributed by atoms with van der Waals surface area (Å²) in [6.07, 6.45) is 0. The predicted molar refractivity (Wildman–Crippen MR) is 66.9 cm³/mol. The van der Waals surface area contributed by atoms with Crippen LogP contribution in [0, 0.1) is 11.6 Å². The number of carbonyl (C=O) groups excluding carboxylic acids is 1. The molecule has 110 valence electrons. The van der Waals surface area contributed by atoms with Crippen LogP contribution < -0.4 is 10.5 Å². The number of ether oxygens (including phenoxy) is 1. The van der Waals surface area contributed by atoms with Gasteiger partial charge in [0.25, 0.3) is 0 Å². The summed E-state index contributed by atoms with van der Waals surface area (Å²) in [5.74, 6) is -4.39. The Bertz CT molecular complexity index is 665. The number of benzene rings is 2. The lowest BCUT2D eigenvalue weighted by molar-refractivity contribution is -0.0546. The molecule has 0 spiro atoms. The van der Waals surface area contributed by atoms with Crippen molar-refractivity contribution in [2.45, 2.75) is 6.61 Å². The lowest BCUT2D eigenvalue weighted by atomic mass is 10.0. The Hall–Kier alpha value is -2.57. The van der Waals surface area contributed by atoms with Crippen LogP contribution >= 0.6 is 0 Å². The van der Waals surface area contributed by atoms with Crippen molar-refractivity contribution in [2.24, 2.45) is 5.73 Å². The fraction of sp³-hybridized carbons (Fsp3) is 0.0714. The van der Waals surface area contributed by atoms with Gasteiger partial charge in [-0.25, -0.2) is 8.78 Å². The molecule has 0 saturated heterocycles. The fourth-order valence-corrected chi connectivity index (χ4v) is 1.78. The van der Waals surface area contributed by atoms with Crippen molar-refractivity contribution in [3.8, 4) is 16.9 Å². The van der Waals surface area contributed by atoms with E-state index in [1.54, 1.807) is 0 Å². The first-order chi connectivity index (χ1) is 9.88. The molecule has 0 unspecified atom stereocenters. The van der Waals surface area contributed by atoms with Gasteiger partial charge >= 0.3 is 6.61 Å². The van der Waals surface area contributed by atoms with Gasteiger partial charge in [0.2, 0.25) is 5.91 Å². The van der Waals surface area contributed by atoms with Crippen molar-refractivity contribution in [3.63, 3.8) is 0 Å². The Labute approximate surface area is 116 Å². The number of nitrogens with two attached hydrogens (primary N) is 1. The van der Waals surface area contributed by atoms with E-state index < -0.39 is 29.9 Å². The van der Waals surface area contributed by atoms with Crippen LogP contribution in [0.5, 0.6) is 5.75 Å². The SMILES string of the molecule is NC(=O)c1cccc(-c2cc(F)c(OC(F)F)c(F)c2)c1. The second-order valence-corrected chi connectivity index (χ2v) is 4.09. The van der Waals surface area contributed by atoms with E-state index in [9.17, 15) is 22.4 Å². The van der Waals surface area contributed by atoms with Crippen LogP contribution in [0.2, 0.25) is 0 Å². The van der Waals surface area contributed by atoms with Crippen LogP contribution in [0.15, 0.2) is 36.4 Å². The Morgan fingerprint density at radius 1 is 1.05 bits per heavy atom. The van der Waals surface area contributed by atoms with Gasteiger partial charge in [-0.1, -0.05) is 12.1 Å². The Kier molecular flexibility index (Phi) is 4.11. The van der Waals surface area contributed by atoms with Crippen LogP contribution in [0.4, 0.5) is 17.6 Å². The maximum Gasteiger partial charge on any atom is 0.387 e. The van der Waals surface area contributed by atoms with Gasteiger partial charge in [0.1, 0.15) is 0 Å². The summed E-state index contributed by atoms with van der Waals surface area (Å²) in [5, 5.41) is 0. The molecule has 0 bridgehead atoms. The molecule has 3 nitrogen and oxygen atoms in total. The van der Waals surface area contributed by atoms with Crippen molar-refractivity contribution < 1.29 is 27.1 Å². The minimum absolute atomic E-state index is 0.0646. The van der Waals surface area contributed by atoms with E-state index in [4.69, 9.17) is 5.73 Å². The molecule has 0 heterocycles. The van der Waals surface area contributed by atoms with Crippen molar-refractivity contribution in [1.29, 1.82) is 0 Å². The predicted octanol–water partition coefficient (Wildman–Crippen LogP) is 3.33. The fourth-order valence-electron chi connectivity index (χ4n) is 1.78. The van der Waals surface area contributed by atoms with E-state index in [2.05, 4.69) is 4.74 Å². The molecule has 7 heteroatoms. The normalized spacial score (nSPS) is 10.7. The summed E-state index contributed by atoms with van der Waals surface area (Å²) < 4.78 is 55.1. The van der Waals surface area contributed by atoms with Crippen molar-refractivity contribution >= 4 is 5.91 Å². The zero-order valence-corrected chi connectivity index (χ0v) is 10.4. The molecule has 21 heavy (non-hydrogen) atoms. The molecule has 0 aliphatic rings. The van der Waals surface area contributed by atoms with Gasteiger partial charge in [-0.2, -0.15) is 8.78 Å². The number of amides is 1. The van der Waals surface area contributed by atoms with E-state index in [1.165, 1.54) is 24.3 Å². The topological polar surface area (TPSA) is 52.3 Å². The van der Waals surface area contributed by atoms with Gasteiger partial charge in [0.15, 0.2) is 17.4 Å². The highest BCUT2D eigenvalue weighted by Gasteiger charge is 2.17. The number of carbonyl (C=O) groups is 1. The molecule has 0 fully saturated rings. The molecule has 0 aliphatic carbocycles. The summed E-state index contributed by atoms with van der Waals surface area (Å²) in [5.41, 5.74) is 5.64. The lowest BCUT2D eigenvalue weighted by Gasteiger charge is -2.09. The molecule has 0 aliphatic heterocycles. The summed E-state index contributed by atoms with van der Waals surface area (Å²) >= 11 is 0. The number of hydrogen-bond donors (Lipinski definition) is 1. The molecular formula is C14H9F4NO2. The zero-order chi connectivity index (χ0) is 15.6. The summed E-state index contributed by atoms with van der Waals surface area (Å²) in [4.78, 5) is 11.1. The van der Waals surface area contributed by atoms with Crippen LogP contribution in [-0.4, -0.2) is 12.5 Å². The highest BCUT2D eigenvalue weighted by atomic mass is 19.3. The molecular weight excluding hydrogens is 290 g/mol. The highest BCUT2D eigenvalue weighted by Crippen LogP contribution is 2.30. The Morgan fingerprint density at radius 2 is 1.67 bits per heavy atom. The minimum Gasteiger partial charge on any atom is -0.429 e. The average Bonchev–Trinajstić information content (AvgIpc) is 2.42. The molecule has 2 N–H and O–H groups in total. The standard InChI is InChI=1S/C14H9F4NO2/c15-10-5-9(6-11(16)12(10)21-14(17)18)7-2-1-3-8(4-7)13(19)20/h1-6,14H,(H2,19,20). The second-order valence-electron chi connectivity index (χ2n) is 4.09. The summed E-state index contributed by atoms with van der Waals surface area (Å²) in [6, 6.07) is 7.42. The second kappa shape index (κ2) is 5.82. The third-order valence-corrected chi connectivity index (χ3v) is 2.69. The van der Waals surface area contributed by atoms with Crippen molar-refractivity contribution in [2.75, 3.05) is 0 Å². The zero-order valence-electron chi connectivity index (χ0n) is 10.4. The summed E-state index contributed by atoms with van der Waals surface area (Å²) in [6.45, 7) is -3.34. The number of rotatable bonds is 4. The number of primary amides is 1. The van der Waals surface area contributed by atoms with Crippen molar-refractivity contribution in [3.05, 3.63) is 53.6 Å². The van der Waals surface area contributed by atoms with Gasteiger partial charge in [0, 0.05) is 5.56 Å². The van der Waals surface area contributed by atoms with Crippen LogP contribution in [-0.2, 0) is 0 Å². The van der Waals surface area contributed by atoms with Crippen LogP contribution in [0.1, 0.15) is 10.4 Å². The maximum absolute atomic E-state index is 13.6.